The third kappa shape index (κ3) is 4.05. The Morgan fingerprint density at radius 3 is 3.08 bits per heavy atom. The van der Waals surface area contributed by atoms with E-state index in [-0.39, 0.29) is 12.1 Å². The molecular weight excluding hydrogens is 310 g/mol. The summed E-state index contributed by atoms with van der Waals surface area (Å²) in [6.45, 7) is 1.63. The van der Waals surface area contributed by atoms with Crippen LogP contribution in [-0.4, -0.2) is 42.3 Å². The van der Waals surface area contributed by atoms with Gasteiger partial charge >= 0.3 is 6.03 Å². The van der Waals surface area contributed by atoms with Crippen LogP contribution in [0.2, 0.25) is 0 Å². The van der Waals surface area contributed by atoms with Crippen molar-refractivity contribution < 1.29 is 18.7 Å². The Labute approximate surface area is 140 Å². The number of methoxy groups -OCH3 is 1. The van der Waals surface area contributed by atoms with Crippen molar-refractivity contribution in [1.29, 1.82) is 0 Å². The Kier molecular flexibility index (Phi) is 5.32. The number of urea groups is 1. The van der Waals surface area contributed by atoms with Crippen LogP contribution in [-0.2, 0) is 11.3 Å². The number of hydrogen-bond donors (Lipinski definition) is 1. The van der Waals surface area contributed by atoms with Crippen molar-refractivity contribution in [2.75, 3.05) is 25.6 Å². The molecule has 0 spiro atoms. The number of ether oxygens (including phenoxy) is 2. The van der Waals surface area contributed by atoms with Crippen molar-refractivity contribution in [2.45, 2.75) is 25.5 Å². The van der Waals surface area contributed by atoms with Crippen molar-refractivity contribution in [3.05, 3.63) is 42.5 Å². The molecule has 1 atom stereocenters. The summed E-state index contributed by atoms with van der Waals surface area (Å²) in [6, 6.07) is 6.91. The zero-order valence-corrected chi connectivity index (χ0v) is 13.6. The molecule has 0 radical (unpaired) electrons. The average molecular weight is 331 g/mol. The van der Waals surface area contributed by atoms with E-state index in [1.807, 2.05) is 12.1 Å². The number of amides is 2. The van der Waals surface area contributed by atoms with Crippen molar-refractivity contribution in [1.82, 2.24) is 9.88 Å². The number of furan rings is 1. The number of anilines is 1. The Hall–Kier alpha value is -2.54. The highest BCUT2D eigenvalue weighted by Gasteiger charge is 2.24. The fourth-order valence-corrected chi connectivity index (χ4v) is 2.69. The number of nitrogens with one attached hydrogen (secondary N) is 1. The first-order chi connectivity index (χ1) is 11.8. The molecule has 1 N–H and O–H groups in total. The number of carbonyl (C=O) groups excluding carboxylic acids is 1. The van der Waals surface area contributed by atoms with Crippen LogP contribution < -0.4 is 10.1 Å². The van der Waals surface area contributed by atoms with Crippen LogP contribution in [0.1, 0.15) is 18.6 Å². The van der Waals surface area contributed by atoms with Gasteiger partial charge in [-0.2, -0.15) is 0 Å². The topological polar surface area (TPSA) is 76.8 Å². The van der Waals surface area contributed by atoms with Crippen LogP contribution in [0.25, 0.3) is 0 Å². The van der Waals surface area contributed by atoms with Gasteiger partial charge in [0.25, 0.3) is 0 Å². The van der Waals surface area contributed by atoms with Gasteiger partial charge in [0, 0.05) is 19.3 Å². The van der Waals surface area contributed by atoms with Crippen LogP contribution in [0.5, 0.6) is 5.88 Å². The third-order valence-corrected chi connectivity index (χ3v) is 3.87. The lowest BCUT2D eigenvalue weighted by Gasteiger charge is -2.25. The molecule has 0 aromatic carbocycles. The highest BCUT2D eigenvalue weighted by molar-refractivity contribution is 5.90. The molecule has 3 heterocycles. The maximum absolute atomic E-state index is 12.7. The predicted molar refractivity (Wildman–Crippen MR) is 87.9 cm³/mol. The summed E-state index contributed by atoms with van der Waals surface area (Å²) in [5.74, 6) is 1.10. The molecule has 7 nitrogen and oxygen atoms in total. The average Bonchev–Trinajstić information content (AvgIpc) is 3.28. The highest BCUT2D eigenvalue weighted by atomic mass is 16.5. The smallest absolute Gasteiger partial charge is 0.322 e. The minimum atomic E-state index is -0.242. The first kappa shape index (κ1) is 16.3. The molecule has 1 saturated heterocycles. The van der Waals surface area contributed by atoms with Crippen LogP contribution >= 0.6 is 0 Å². The zero-order chi connectivity index (χ0) is 16.8. The zero-order valence-electron chi connectivity index (χ0n) is 13.6. The summed E-state index contributed by atoms with van der Waals surface area (Å²) < 4.78 is 16.2. The Balaban J connectivity index is 1.71. The molecule has 2 aromatic heterocycles. The van der Waals surface area contributed by atoms with Crippen molar-refractivity contribution >= 4 is 11.7 Å². The monoisotopic (exact) mass is 331 g/mol. The van der Waals surface area contributed by atoms with Gasteiger partial charge in [0.2, 0.25) is 5.88 Å². The van der Waals surface area contributed by atoms with Crippen LogP contribution in [0.15, 0.2) is 41.1 Å². The van der Waals surface area contributed by atoms with E-state index in [1.165, 1.54) is 7.11 Å². The van der Waals surface area contributed by atoms with E-state index in [2.05, 4.69) is 10.3 Å². The largest absolute Gasteiger partial charge is 0.480 e. The minimum absolute atomic E-state index is 0.0570. The van der Waals surface area contributed by atoms with Gasteiger partial charge in [0.05, 0.1) is 26.0 Å². The van der Waals surface area contributed by atoms with E-state index in [1.54, 1.807) is 29.5 Å². The molecular formula is C17H21N3O4. The molecule has 0 saturated carbocycles. The molecule has 128 valence electrons. The molecule has 2 amide bonds. The molecule has 0 unspecified atom stereocenters. The second-order valence-electron chi connectivity index (χ2n) is 5.59. The van der Waals surface area contributed by atoms with Gasteiger partial charge < -0.3 is 24.1 Å². The second kappa shape index (κ2) is 7.83. The first-order valence-corrected chi connectivity index (χ1v) is 7.95. The number of carbonyl (C=O) groups is 1. The second-order valence-corrected chi connectivity index (χ2v) is 5.59. The molecule has 0 aliphatic carbocycles. The van der Waals surface area contributed by atoms with Gasteiger partial charge in [-0.25, -0.2) is 9.78 Å². The summed E-state index contributed by atoms with van der Waals surface area (Å²) in [5.41, 5.74) is 0.529. The Bertz CT molecular complexity index is 654. The number of rotatable bonds is 6. The number of hydrogen-bond acceptors (Lipinski definition) is 5. The number of nitrogens with zero attached hydrogens (tertiary/aromatic N) is 2. The maximum atomic E-state index is 12.7. The molecule has 1 aliphatic heterocycles. The van der Waals surface area contributed by atoms with Crippen molar-refractivity contribution in [3.8, 4) is 5.88 Å². The van der Waals surface area contributed by atoms with E-state index in [0.717, 1.165) is 25.2 Å². The van der Waals surface area contributed by atoms with Gasteiger partial charge in [0.15, 0.2) is 0 Å². The summed E-state index contributed by atoms with van der Waals surface area (Å²) in [7, 11) is 1.52. The summed E-state index contributed by atoms with van der Waals surface area (Å²) in [6.07, 6.45) is 5.25. The molecule has 2 aromatic rings. The normalized spacial score (nSPS) is 16.8. The van der Waals surface area contributed by atoms with E-state index in [4.69, 9.17) is 13.9 Å². The first-order valence-electron chi connectivity index (χ1n) is 7.95. The highest BCUT2D eigenvalue weighted by Crippen LogP contribution is 2.21. The predicted octanol–water partition coefficient (Wildman–Crippen LogP) is 2.90. The van der Waals surface area contributed by atoms with Crippen molar-refractivity contribution in [2.24, 2.45) is 0 Å². The Morgan fingerprint density at radius 2 is 2.38 bits per heavy atom. The van der Waals surface area contributed by atoms with Crippen LogP contribution in [0.3, 0.4) is 0 Å². The van der Waals surface area contributed by atoms with Gasteiger partial charge in [-0.1, -0.05) is 0 Å². The van der Waals surface area contributed by atoms with Gasteiger partial charge in [-0.15, -0.1) is 0 Å². The summed E-state index contributed by atoms with van der Waals surface area (Å²) in [4.78, 5) is 18.5. The lowest BCUT2D eigenvalue weighted by Crippen LogP contribution is -2.39. The summed E-state index contributed by atoms with van der Waals surface area (Å²) in [5, 5.41) is 2.85. The summed E-state index contributed by atoms with van der Waals surface area (Å²) >= 11 is 0. The SMILES string of the molecule is COc1ncccc1NC(=O)N(Cc1ccco1)C[C@H]1CCCO1. The van der Waals surface area contributed by atoms with Gasteiger partial charge in [-0.3, -0.25) is 0 Å². The molecule has 3 rings (SSSR count). The number of aromatic nitrogens is 1. The lowest BCUT2D eigenvalue weighted by molar-refractivity contribution is 0.0803. The molecule has 24 heavy (non-hydrogen) atoms. The maximum Gasteiger partial charge on any atom is 0.322 e. The molecule has 1 fully saturated rings. The Morgan fingerprint density at radius 1 is 1.46 bits per heavy atom. The quantitative estimate of drug-likeness (QED) is 0.881. The fraction of sp³-hybridized carbons (Fsp3) is 0.412. The van der Waals surface area contributed by atoms with Crippen molar-refractivity contribution in [3.63, 3.8) is 0 Å². The molecule has 7 heteroatoms. The van der Waals surface area contributed by atoms with Crippen LogP contribution in [0.4, 0.5) is 10.5 Å². The number of pyridine rings is 1. The van der Waals surface area contributed by atoms with Gasteiger partial charge in [-0.05, 0) is 37.1 Å². The van der Waals surface area contributed by atoms with Gasteiger partial charge in [0.1, 0.15) is 11.4 Å². The van der Waals surface area contributed by atoms with E-state index in [0.29, 0.717) is 24.7 Å². The molecule has 0 bridgehead atoms. The minimum Gasteiger partial charge on any atom is -0.480 e. The van der Waals surface area contributed by atoms with E-state index >= 15 is 0 Å². The van der Waals surface area contributed by atoms with Crippen LogP contribution in [0, 0.1) is 0 Å². The standard InChI is InChI=1S/C17H21N3O4/c1-22-16-15(7-2-8-18-16)19-17(21)20(11-13-5-3-9-23-13)12-14-6-4-10-24-14/h2-3,5,7-9,14H,4,6,10-12H2,1H3,(H,19,21)/t14-/m1/s1. The third-order valence-electron chi connectivity index (χ3n) is 3.87. The van der Waals surface area contributed by atoms with E-state index < -0.39 is 0 Å². The fourth-order valence-electron chi connectivity index (χ4n) is 2.69. The lowest BCUT2D eigenvalue weighted by atomic mass is 10.2. The van der Waals surface area contributed by atoms with E-state index in [9.17, 15) is 4.79 Å². The molecule has 1 aliphatic rings.